The van der Waals surface area contributed by atoms with Crippen LogP contribution in [0.1, 0.15) is 36.5 Å². The van der Waals surface area contributed by atoms with Crippen LogP contribution in [0.5, 0.6) is 0 Å². The van der Waals surface area contributed by atoms with Gasteiger partial charge in [0.05, 0.1) is 12.1 Å². The molecule has 1 fully saturated rings. The zero-order valence-electron chi connectivity index (χ0n) is 12.6. The Balaban J connectivity index is 1.93. The molecule has 23 heavy (non-hydrogen) atoms. The summed E-state index contributed by atoms with van der Waals surface area (Å²) in [6.07, 6.45) is -4.22. The Bertz CT molecular complexity index is 574. The van der Waals surface area contributed by atoms with E-state index in [9.17, 15) is 23.1 Å². The molecular weight excluding hydrogens is 327 g/mol. The number of rotatable bonds is 3. The molecule has 1 aromatic rings. The first-order chi connectivity index (χ1) is 10.8. The third kappa shape index (κ3) is 5.07. The zero-order chi connectivity index (χ0) is 17.0. The number of alkyl halides is 3. The van der Waals surface area contributed by atoms with Gasteiger partial charge in [0, 0.05) is 10.8 Å². The number of benzene rings is 1. The summed E-state index contributed by atoms with van der Waals surface area (Å²) >= 11 is 1.05. The van der Waals surface area contributed by atoms with Crippen molar-refractivity contribution in [2.75, 3.05) is 0 Å². The highest BCUT2D eigenvalue weighted by atomic mass is 32.2. The molecule has 7 heteroatoms. The van der Waals surface area contributed by atoms with Gasteiger partial charge >= 0.3 is 6.18 Å². The van der Waals surface area contributed by atoms with Gasteiger partial charge in [-0.25, -0.2) is 0 Å². The fourth-order valence-corrected chi connectivity index (χ4v) is 3.55. The first-order valence-electron chi connectivity index (χ1n) is 7.33. The number of carbonyl (C=O) groups is 1. The van der Waals surface area contributed by atoms with Crippen LogP contribution in [-0.2, 0) is 0 Å². The minimum Gasteiger partial charge on any atom is -0.392 e. The van der Waals surface area contributed by atoms with Gasteiger partial charge in [-0.2, -0.15) is 13.2 Å². The third-order valence-corrected chi connectivity index (χ3v) is 5.08. The lowest BCUT2D eigenvalue weighted by molar-refractivity contribution is -0.0598. The van der Waals surface area contributed by atoms with Gasteiger partial charge < -0.3 is 5.11 Å². The van der Waals surface area contributed by atoms with E-state index in [2.05, 4.69) is 4.99 Å². The molecule has 0 aromatic heterocycles. The summed E-state index contributed by atoms with van der Waals surface area (Å²) in [5.41, 5.74) is -0.320. The van der Waals surface area contributed by atoms with Gasteiger partial charge in [0.1, 0.15) is 5.71 Å². The number of hydrogen-bond acceptors (Lipinski definition) is 4. The largest absolute Gasteiger partial charge is 0.428 e. The SMILES string of the molecule is CC(=NC1CCC(SC(=O)c2ccccc2)C(O)C1)C(F)(F)F. The van der Waals surface area contributed by atoms with Crippen molar-refractivity contribution in [3.8, 4) is 0 Å². The molecule has 0 saturated heterocycles. The molecule has 0 radical (unpaired) electrons. The maximum atomic E-state index is 12.5. The van der Waals surface area contributed by atoms with Crippen LogP contribution in [0.15, 0.2) is 35.3 Å². The first kappa shape index (κ1) is 18.0. The molecule has 1 aliphatic carbocycles. The summed E-state index contributed by atoms with van der Waals surface area (Å²) in [4.78, 5) is 15.8. The Kier molecular flexibility index (Phi) is 5.86. The fraction of sp³-hybridized carbons (Fsp3) is 0.500. The first-order valence-corrected chi connectivity index (χ1v) is 8.21. The fourth-order valence-electron chi connectivity index (χ4n) is 2.48. The number of hydrogen-bond donors (Lipinski definition) is 1. The highest BCUT2D eigenvalue weighted by Gasteiger charge is 2.35. The Labute approximate surface area is 137 Å². The third-order valence-electron chi connectivity index (χ3n) is 3.78. The quantitative estimate of drug-likeness (QED) is 0.846. The smallest absolute Gasteiger partial charge is 0.392 e. The highest BCUT2D eigenvalue weighted by molar-refractivity contribution is 8.14. The molecule has 0 bridgehead atoms. The normalized spacial score (nSPS) is 26.1. The van der Waals surface area contributed by atoms with Crippen molar-refractivity contribution in [3.05, 3.63) is 35.9 Å². The van der Waals surface area contributed by atoms with E-state index in [1.165, 1.54) is 0 Å². The van der Waals surface area contributed by atoms with E-state index in [0.717, 1.165) is 18.7 Å². The second-order valence-corrected chi connectivity index (χ2v) is 6.77. The Morgan fingerprint density at radius 3 is 2.48 bits per heavy atom. The molecule has 0 amide bonds. The lowest BCUT2D eigenvalue weighted by Crippen LogP contribution is -2.35. The highest BCUT2D eigenvalue weighted by Crippen LogP contribution is 2.33. The number of halogens is 3. The average molecular weight is 345 g/mol. The predicted molar refractivity (Wildman–Crippen MR) is 85.0 cm³/mol. The van der Waals surface area contributed by atoms with Crippen LogP contribution < -0.4 is 0 Å². The number of carbonyl (C=O) groups excluding carboxylic acids is 1. The van der Waals surface area contributed by atoms with E-state index in [1.807, 2.05) is 6.07 Å². The average Bonchev–Trinajstić information content (AvgIpc) is 2.50. The molecule has 3 nitrogen and oxygen atoms in total. The van der Waals surface area contributed by atoms with E-state index in [-0.39, 0.29) is 16.8 Å². The number of aliphatic hydroxyl groups is 1. The summed E-state index contributed by atoms with van der Waals surface area (Å²) in [5, 5.41) is 9.69. The van der Waals surface area contributed by atoms with Crippen molar-refractivity contribution in [2.24, 2.45) is 4.99 Å². The Morgan fingerprint density at radius 2 is 1.91 bits per heavy atom. The molecule has 3 unspecified atom stereocenters. The standard InChI is InChI=1S/C16H18F3NO2S/c1-10(16(17,18)19)20-12-7-8-14(13(21)9-12)23-15(22)11-5-3-2-4-6-11/h2-6,12-14,21H,7-9H2,1H3. The molecule has 1 aromatic carbocycles. The van der Waals surface area contributed by atoms with Crippen molar-refractivity contribution in [2.45, 2.75) is 49.8 Å². The van der Waals surface area contributed by atoms with Crippen LogP contribution >= 0.6 is 11.8 Å². The van der Waals surface area contributed by atoms with E-state index in [1.54, 1.807) is 24.3 Å². The van der Waals surface area contributed by atoms with Gasteiger partial charge in [-0.05, 0) is 26.2 Å². The summed E-state index contributed by atoms with van der Waals surface area (Å²) in [5.74, 6) is 0. The van der Waals surface area contributed by atoms with E-state index in [4.69, 9.17) is 0 Å². The van der Waals surface area contributed by atoms with Crippen molar-refractivity contribution in [1.82, 2.24) is 0 Å². The minimum absolute atomic E-state index is 0.136. The van der Waals surface area contributed by atoms with Crippen LogP contribution in [0, 0.1) is 0 Å². The number of thioether (sulfide) groups is 1. The van der Waals surface area contributed by atoms with Gasteiger partial charge in [0.2, 0.25) is 5.12 Å². The maximum Gasteiger partial charge on any atom is 0.428 e. The second kappa shape index (κ2) is 7.49. The van der Waals surface area contributed by atoms with Gasteiger partial charge in [-0.15, -0.1) is 0 Å². The van der Waals surface area contributed by atoms with Crippen molar-refractivity contribution in [3.63, 3.8) is 0 Å². The van der Waals surface area contributed by atoms with Crippen LogP contribution in [-0.4, -0.2) is 39.5 Å². The van der Waals surface area contributed by atoms with E-state index >= 15 is 0 Å². The summed E-state index contributed by atoms with van der Waals surface area (Å²) < 4.78 is 37.5. The molecule has 1 saturated carbocycles. The molecule has 0 heterocycles. The molecule has 1 N–H and O–H groups in total. The Morgan fingerprint density at radius 1 is 1.26 bits per heavy atom. The minimum atomic E-state index is -4.43. The lowest BCUT2D eigenvalue weighted by Gasteiger charge is -2.30. The van der Waals surface area contributed by atoms with Crippen molar-refractivity contribution >= 4 is 22.6 Å². The number of aliphatic imine (C=N–C) groups is 1. The van der Waals surface area contributed by atoms with Gasteiger partial charge in [0.15, 0.2) is 0 Å². The second-order valence-electron chi connectivity index (χ2n) is 5.56. The zero-order valence-corrected chi connectivity index (χ0v) is 13.4. The molecule has 0 spiro atoms. The van der Waals surface area contributed by atoms with Crippen LogP contribution in [0.25, 0.3) is 0 Å². The topological polar surface area (TPSA) is 49.7 Å². The Hall–Kier alpha value is -1.34. The van der Waals surface area contributed by atoms with E-state index < -0.39 is 24.0 Å². The summed E-state index contributed by atoms with van der Waals surface area (Å²) in [6.45, 7) is 0.937. The molecule has 3 atom stereocenters. The summed E-state index contributed by atoms with van der Waals surface area (Å²) in [6, 6.07) is 8.18. The number of nitrogens with zero attached hydrogens (tertiary/aromatic N) is 1. The van der Waals surface area contributed by atoms with Gasteiger partial charge in [-0.3, -0.25) is 9.79 Å². The van der Waals surface area contributed by atoms with Crippen LogP contribution in [0.2, 0.25) is 0 Å². The molecular formula is C16H18F3NO2S. The summed E-state index contributed by atoms with van der Waals surface area (Å²) in [7, 11) is 0. The molecule has 2 rings (SSSR count). The molecule has 126 valence electrons. The molecule has 1 aliphatic rings. The van der Waals surface area contributed by atoms with Crippen LogP contribution in [0.3, 0.4) is 0 Å². The van der Waals surface area contributed by atoms with Crippen LogP contribution in [0.4, 0.5) is 13.2 Å². The van der Waals surface area contributed by atoms with Crippen molar-refractivity contribution in [1.29, 1.82) is 0 Å². The monoisotopic (exact) mass is 345 g/mol. The van der Waals surface area contributed by atoms with Gasteiger partial charge in [0.25, 0.3) is 0 Å². The van der Waals surface area contributed by atoms with E-state index in [0.29, 0.717) is 18.4 Å². The van der Waals surface area contributed by atoms with Gasteiger partial charge in [-0.1, -0.05) is 42.1 Å². The number of aliphatic hydroxyl groups excluding tert-OH is 1. The van der Waals surface area contributed by atoms with Crippen molar-refractivity contribution < 1.29 is 23.1 Å². The lowest BCUT2D eigenvalue weighted by atomic mass is 9.93. The predicted octanol–water partition coefficient (Wildman–Crippen LogP) is 3.87. The molecule has 0 aliphatic heterocycles. The maximum absolute atomic E-state index is 12.5.